The molecule has 31 heavy (non-hydrogen) atoms. The maximum atomic E-state index is 11.6. The van der Waals surface area contributed by atoms with Crippen molar-refractivity contribution in [3.05, 3.63) is 75.3 Å². The van der Waals surface area contributed by atoms with Crippen LogP contribution in [0.2, 0.25) is 0 Å². The number of nitrogens with zero attached hydrogens (tertiary/aromatic N) is 2. The molecule has 0 heterocycles. The van der Waals surface area contributed by atoms with Gasteiger partial charge < -0.3 is 0 Å². The minimum Gasteiger partial charge on any atom is -0.292 e. The number of para-hydroxylation sites is 1. The molecule has 0 spiro atoms. The quantitative estimate of drug-likeness (QED) is 0.266. The van der Waals surface area contributed by atoms with Crippen molar-refractivity contribution in [3.8, 4) is 0 Å². The van der Waals surface area contributed by atoms with Crippen LogP contribution in [0.1, 0.15) is 71.1 Å². The van der Waals surface area contributed by atoms with Gasteiger partial charge in [0, 0.05) is 30.8 Å². The van der Waals surface area contributed by atoms with Crippen LogP contribution in [-0.2, 0) is 19.5 Å². The molecular formula is C27H40N2O2. The Morgan fingerprint density at radius 2 is 1.42 bits per heavy atom. The summed E-state index contributed by atoms with van der Waals surface area (Å²) in [7, 11) is 0. The lowest BCUT2D eigenvalue weighted by Crippen LogP contribution is -2.36. The number of hydrogen-bond acceptors (Lipinski definition) is 3. The average Bonchev–Trinajstić information content (AvgIpc) is 2.66. The molecule has 0 fully saturated rings. The number of benzene rings is 2. The SMILES string of the molecule is CC(C)Cc1cccc(CN(Cc2ccccc2[N+](=O)[O-])C(CC(C)C)CC(C)C)c1. The van der Waals surface area contributed by atoms with Gasteiger partial charge in [0.05, 0.1) is 4.92 Å². The van der Waals surface area contributed by atoms with Crippen molar-refractivity contribution in [2.24, 2.45) is 17.8 Å². The topological polar surface area (TPSA) is 46.4 Å². The van der Waals surface area contributed by atoms with E-state index in [9.17, 15) is 10.1 Å². The van der Waals surface area contributed by atoms with Gasteiger partial charge in [0.15, 0.2) is 0 Å². The highest BCUT2D eigenvalue weighted by molar-refractivity contribution is 5.39. The first-order valence-electron chi connectivity index (χ1n) is 11.7. The lowest BCUT2D eigenvalue weighted by Gasteiger charge is -2.34. The largest absolute Gasteiger partial charge is 0.292 e. The molecule has 0 saturated carbocycles. The molecule has 0 unspecified atom stereocenters. The second-order valence-electron chi connectivity index (χ2n) is 10.1. The third-order valence-corrected chi connectivity index (χ3v) is 5.59. The molecule has 0 amide bonds. The van der Waals surface area contributed by atoms with E-state index in [-0.39, 0.29) is 10.6 Å². The molecule has 0 radical (unpaired) electrons. The highest BCUT2D eigenvalue weighted by Gasteiger charge is 2.24. The fraction of sp³-hybridized carbons (Fsp3) is 0.556. The second-order valence-corrected chi connectivity index (χ2v) is 10.1. The first-order chi connectivity index (χ1) is 14.7. The summed E-state index contributed by atoms with van der Waals surface area (Å²) in [5, 5.41) is 11.6. The van der Waals surface area contributed by atoms with Crippen molar-refractivity contribution in [1.29, 1.82) is 0 Å². The monoisotopic (exact) mass is 424 g/mol. The summed E-state index contributed by atoms with van der Waals surface area (Å²) in [6.45, 7) is 14.9. The van der Waals surface area contributed by atoms with Gasteiger partial charge in [-0.25, -0.2) is 0 Å². The molecule has 170 valence electrons. The van der Waals surface area contributed by atoms with E-state index in [2.05, 4.69) is 70.7 Å². The van der Waals surface area contributed by atoms with Crippen molar-refractivity contribution in [2.75, 3.05) is 0 Å². The van der Waals surface area contributed by atoms with E-state index in [1.807, 2.05) is 12.1 Å². The average molecular weight is 425 g/mol. The maximum absolute atomic E-state index is 11.6. The molecule has 2 rings (SSSR count). The van der Waals surface area contributed by atoms with Crippen LogP contribution in [0, 0.1) is 27.9 Å². The van der Waals surface area contributed by atoms with Crippen LogP contribution in [0.4, 0.5) is 5.69 Å². The van der Waals surface area contributed by atoms with Crippen LogP contribution in [0.15, 0.2) is 48.5 Å². The Morgan fingerprint density at radius 3 is 2.00 bits per heavy atom. The van der Waals surface area contributed by atoms with Crippen molar-refractivity contribution < 1.29 is 4.92 Å². The van der Waals surface area contributed by atoms with Gasteiger partial charge in [-0.15, -0.1) is 0 Å². The molecule has 0 N–H and O–H groups in total. The molecule has 0 bridgehead atoms. The first-order valence-corrected chi connectivity index (χ1v) is 11.7. The van der Waals surface area contributed by atoms with Crippen LogP contribution < -0.4 is 0 Å². The molecule has 0 aromatic heterocycles. The predicted molar refractivity (Wildman–Crippen MR) is 130 cm³/mol. The zero-order valence-electron chi connectivity index (χ0n) is 20.2. The fourth-order valence-electron chi connectivity index (χ4n) is 4.40. The Hall–Kier alpha value is -2.20. The van der Waals surface area contributed by atoms with Crippen molar-refractivity contribution >= 4 is 5.69 Å². The Labute approximate surface area is 188 Å². The summed E-state index contributed by atoms with van der Waals surface area (Å²) in [6, 6.07) is 16.4. The van der Waals surface area contributed by atoms with Gasteiger partial charge >= 0.3 is 0 Å². The lowest BCUT2D eigenvalue weighted by molar-refractivity contribution is -0.385. The van der Waals surface area contributed by atoms with Crippen molar-refractivity contribution in [2.45, 2.75) is 79.9 Å². The Bertz CT molecular complexity index is 819. The third kappa shape index (κ3) is 8.45. The molecule has 4 heteroatoms. The Balaban J connectivity index is 2.38. The maximum Gasteiger partial charge on any atom is 0.273 e. The third-order valence-electron chi connectivity index (χ3n) is 5.59. The molecule has 0 aliphatic rings. The first kappa shape index (κ1) is 25.1. The molecule has 0 atom stereocenters. The molecule has 2 aromatic rings. The van der Waals surface area contributed by atoms with E-state index >= 15 is 0 Å². The van der Waals surface area contributed by atoms with Gasteiger partial charge in [-0.3, -0.25) is 15.0 Å². The summed E-state index contributed by atoms with van der Waals surface area (Å²) in [6.07, 6.45) is 3.24. The van der Waals surface area contributed by atoms with Crippen LogP contribution in [0.3, 0.4) is 0 Å². The lowest BCUT2D eigenvalue weighted by atomic mass is 9.93. The molecule has 4 nitrogen and oxygen atoms in total. The second kappa shape index (κ2) is 12.0. The standard InChI is InChI=1S/C27H40N2O2/c1-20(2)14-23-10-9-11-24(17-23)18-28(26(15-21(3)4)16-22(5)6)19-25-12-7-8-13-27(25)29(30)31/h7-13,17,20-22,26H,14-16,18-19H2,1-6H3. The summed E-state index contributed by atoms with van der Waals surface area (Å²) in [5.41, 5.74) is 3.66. The van der Waals surface area contributed by atoms with Crippen LogP contribution >= 0.6 is 0 Å². The highest BCUT2D eigenvalue weighted by atomic mass is 16.6. The Morgan fingerprint density at radius 1 is 0.806 bits per heavy atom. The normalized spacial score (nSPS) is 12.0. The smallest absolute Gasteiger partial charge is 0.273 e. The van der Waals surface area contributed by atoms with Gasteiger partial charge in [-0.2, -0.15) is 0 Å². The number of nitro benzene ring substituents is 1. The van der Waals surface area contributed by atoms with E-state index < -0.39 is 0 Å². The predicted octanol–water partition coefficient (Wildman–Crippen LogP) is 7.26. The van der Waals surface area contributed by atoms with E-state index in [1.165, 1.54) is 11.1 Å². The molecule has 0 saturated heterocycles. The van der Waals surface area contributed by atoms with E-state index in [4.69, 9.17) is 0 Å². The van der Waals surface area contributed by atoms with Crippen LogP contribution in [0.5, 0.6) is 0 Å². The van der Waals surface area contributed by atoms with Gasteiger partial charge in [-0.1, -0.05) is 84.0 Å². The number of hydrogen-bond donors (Lipinski definition) is 0. The minimum absolute atomic E-state index is 0.217. The molecule has 2 aromatic carbocycles. The fourth-order valence-corrected chi connectivity index (χ4v) is 4.40. The van der Waals surface area contributed by atoms with Gasteiger partial charge in [0.25, 0.3) is 5.69 Å². The van der Waals surface area contributed by atoms with E-state index in [0.717, 1.165) is 31.4 Å². The highest BCUT2D eigenvalue weighted by Crippen LogP contribution is 2.27. The van der Waals surface area contributed by atoms with Crippen molar-refractivity contribution in [3.63, 3.8) is 0 Å². The number of rotatable bonds is 12. The Kier molecular flexibility index (Phi) is 9.70. The van der Waals surface area contributed by atoms with Crippen molar-refractivity contribution in [1.82, 2.24) is 4.90 Å². The number of nitro groups is 1. The summed E-state index contributed by atoms with van der Waals surface area (Å²) >= 11 is 0. The summed E-state index contributed by atoms with van der Waals surface area (Å²) in [4.78, 5) is 13.8. The summed E-state index contributed by atoms with van der Waals surface area (Å²) < 4.78 is 0. The van der Waals surface area contributed by atoms with Gasteiger partial charge in [0.1, 0.15) is 0 Å². The van der Waals surface area contributed by atoms with Crippen LogP contribution in [-0.4, -0.2) is 15.9 Å². The zero-order valence-corrected chi connectivity index (χ0v) is 20.2. The molecule has 0 aliphatic carbocycles. The molecular weight excluding hydrogens is 384 g/mol. The minimum atomic E-state index is -0.253. The summed E-state index contributed by atoms with van der Waals surface area (Å²) in [5.74, 6) is 1.77. The van der Waals surface area contributed by atoms with Gasteiger partial charge in [-0.05, 0) is 48.1 Å². The molecule has 0 aliphatic heterocycles. The zero-order chi connectivity index (χ0) is 23.0. The van der Waals surface area contributed by atoms with Gasteiger partial charge in [0.2, 0.25) is 0 Å². The van der Waals surface area contributed by atoms with E-state index in [1.54, 1.807) is 12.1 Å². The van der Waals surface area contributed by atoms with E-state index in [0.29, 0.717) is 30.3 Å². The van der Waals surface area contributed by atoms with Crippen LogP contribution in [0.25, 0.3) is 0 Å².